The van der Waals surface area contributed by atoms with Crippen molar-refractivity contribution in [2.75, 3.05) is 19.0 Å². The van der Waals surface area contributed by atoms with E-state index in [0.717, 1.165) is 18.4 Å². The minimum absolute atomic E-state index is 0.0181. The summed E-state index contributed by atoms with van der Waals surface area (Å²) in [6.45, 7) is 1.00. The number of hydrogen-bond donors (Lipinski definition) is 0. The molecule has 1 aromatic rings. The highest BCUT2D eigenvalue weighted by atomic mass is 79.9. The number of halogens is 1. The highest BCUT2D eigenvalue weighted by Gasteiger charge is 2.51. The fraction of sp³-hybridized carbons (Fsp3) is 0.588. The number of nitrogens with zero attached hydrogens (tertiary/aromatic N) is 1. The second kappa shape index (κ2) is 7.20. The Morgan fingerprint density at radius 3 is 2.91 bits per heavy atom. The third kappa shape index (κ3) is 3.54. The molecule has 0 unspecified atom stereocenters. The van der Waals surface area contributed by atoms with Gasteiger partial charge in [0.15, 0.2) is 5.79 Å². The van der Waals surface area contributed by atoms with E-state index in [1.54, 1.807) is 12.0 Å². The maximum atomic E-state index is 12.5. The first-order valence-corrected chi connectivity index (χ1v) is 9.06. The third-order valence-electron chi connectivity index (χ3n) is 4.62. The molecule has 0 aliphatic carbocycles. The molecule has 2 heterocycles. The van der Waals surface area contributed by atoms with E-state index in [2.05, 4.69) is 15.9 Å². The van der Waals surface area contributed by atoms with Crippen LogP contribution in [0.4, 0.5) is 4.79 Å². The van der Waals surface area contributed by atoms with Gasteiger partial charge in [0.05, 0.1) is 17.5 Å². The van der Waals surface area contributed by atoms with Crippen molar-refractivity contribution in [1.29, 1.82) is 0 Å². The first kappa shape index (κ1) is 16.7. The highest BCUT2D eigenvalue weighted by molar-refractivity contribution is 9.09. The average molecular weight is 384 g/mol. The van der Waals surface area contributed by atoms with Crippen LogP contribution in [-0.2, 0) is 20.8 Å². The molecular weight excluding hydrogens is 362 g/mol. The second-order valence-corrected chi connectivity index (χ2v) is 6.61. The van der Waals surface area contributed by atoms with E-state index < -0.39 is 5.79 Å². The smallest absolute Gasteiger partial charge is 0.410 e. The third-order valence-corrected chi connectivity index (χ3v) is 5.47. The van der Waals surface area contributed by atoms with Crippen LogP contribution in [0.1, 0.15) is 24.8 Å². The Hall–Kier alpha value is -1.11. The molecule has 2 fully saturated rings. The largest absolute Gasteiger partial charge is 0.445 e. The van der Waals surface area contributed by atoms with Crippen molar-refractivity contribution in [2.24, 2.45) is 0 Å². The Labute approximate surface area is 145 Å². The zero-order valence-corrected chi connectivity index (χ0v) is 14.8. The van der Waals surface area contributed by atoms with E-state index in [-0.39, 0.29) is 18.2 Å². The van der Waals surface area contributed by atoms with E-state index >= 15 is 0 Å². The van der Waals surface area contributed by atoms with Crippen molar-refractivity contribution in [2.45, 2.75) is 43.8 Å². The van der Waals surface area contributed by atoms with Gasteiger partial charge in [-0.15, -0.1) is 0 Å². The molecule has 0 N–H and O–H groups in total. The molecule has 2 aliphatic heterocycles. The molecule has 2 aliphatic rings. The van der Waals surface area contributed by atoms with Gasteiger partial charge in [-0.05, 0) is 18.4 Å². The summed E-state index contributed by atoms with van der Waals surface area (Å²) in [5.41, 5.74) is 0.990. The molecule has 23 heavy (non-hydrogen) atoms. The summed E-state index contributed by atoms with van der Waals surface area (Å²) in [5, 5.41) is 0.594. The molecule has 3 atom stereocenters. The molecule has 0 saturated carbocycles. The number of rotatable bonds is 4. The molecule has 2 saturated heterocycles. The van der Waals surface area contributed by atoms with Crippen molar-refractivity contribution in [3.63, 3.8) is 0 Å². The van der Waals surface area contributed by atoms with Crippen molar-refractivity contribution >= 4 is 22.0 Å². The first-order chi connectivity index (χ1) is 11.2. The maximum Gasteiger partial charge on any atom is 0.410 e. The zero-order valence-electron chi connectivity index (χ0n) is 13.2. The number of benzene rings is 1. The van der Waals surface area contributed by atoms with Crippen molar-refractivity contribution in [3.8, 4) is 0 Å². The van der Waals surface area contributed by atoms with Crippen LogP contribution >= 0.6 is 15.9 Å². The summed E-state index contributed by atoms with van der Waals surface area (Å²) in [5.74, 6) is -0.641. The first-order valence-electron chi connectivity index (χ1n) is 7.94. The molecule has 0 radical (unpaired) electrons. The molecule has 0 spiro atoms. The number of methoxy groups -OCH3 is 1. The summed E-state index contributed by atoms with van der Waals surface area (Å²) in [6, 6.07) is 9.74. The van der Waals surface area contributed by atoms with Gasteiger partial charge in [-0.1, -0.05) is 46.3 Å². The Morgan fingerprint density at radius 2 is 2.22 bits per heavy atom. The fourth-order valence-corrected chi connectivity index (χ4v) is 3.93. The number of ether oxygens (including phenoxy) is 3. The molecule has 126 valence electrons. The van der Waals surface area contributed by atoms with E-state index in [0.29, 0.717) is 24.9 Å². The van der Waals surface area contributed by atoms with E-state index in [1.807, 2.05) is 30.3 Å². The molecular formula is C17H22BrNO4. The van der Waals surface area contributed by atoms with Gasteiger partial charge in [0.2, 0.25) is 0 Å². The Bertz CT molecular complexity index is 535. The number of amides is 1. The van der Waals surface area contributed by atoms with Gasteiger partial charge in [-0.3, -0.25) is 0 Å². The Balaban J connectivity index is 1.64. The summed E-state index contributed by atoms with van der Waals surface area (Å²) >= 11 is 3.46. The lowest BCUT2D eigenvalue weighted by Gasteiger charge is -2.35. The van der Waals surface area contributed by atoms with Gasteiger partial charge >= 0.3 is 6.09 Å². The summed E-state index contributed by atoms with van der Waals surface area (Å²) in [6.07, 6.45) is 2.29. The van der Waals surface area contributed by atoms with Crippen molar-refractivity contribution in [1.82, 2.24) is 4.90 Å². The minimum Gasteiger partial charge on any atom is -0.445 e. The number of piperidine rings is 1. The molecule has 1 amide bonds. The van der Waals surface area contributed by atoms with Crippen molar-refractivity contribution < 1.29 is 19.0 Å². The normalized spacial score (nSPS) is 30.1. The minimum atomic E-state index is -0.641. The molecule has 5 nitrogen and oxygen atoms in total. The van der Waals surface area contributed by atoms with Gasteiger partial charge in [-0.25, -0.2) is 4.79 Å². The van der Waals surface area contributed by atoms with Crippen LogP contribution in [0.25, 0.3) is 0 Å². The highest BCUT2D eigenvalue weighted by Crippen LogP contribution is 2.40. The topological polar surface area (TPSA) is 48.0 Å². The predicted octanol–water partition coefficient (Wildman–Crippen LogP) is 3.31. The molecule has 0 bridgehead atoms. The number of carbonyl (C=O) groups is 1. The molecule has 3 rings (SSSR count). The van der Waals surface area contributed by atoms with Crippen LogP contribution in [-0.4, -0.2) is 47.9 Å². The number of hydrogen-bond acceptors (Lipinski definition) is 4. The Morgan fingerprint density at radius 1 is 1.43 bits per heavy atom. The molecule has 6 heteroatoms. The van der Waals surface area contributed by atoms with E-state index in [1.165, 1.54) is 0 Å². The monoisotopic (exact) mass is 383 g/mol. The van der Waals surface area contributed by atoms with Crippen LogP contribution in [0, 0.1) is 0 Å². The van der Waals surface area contributed by atoms with Crippen LogP contribution in [0.15, 0.2) is 30.3 Å². The van der Waals surface area contributed by atoms with Crippen LogP contribution in [0.2, 0.25) is 0 Å². The fourth-order valence-electron chi connectivity index (χ4n) is 3.34. The van der Waals surface area contributed by atoms with Gasteiger partial charge in [-0.2, -0.15) is 0 Å². The zero-order chi connectivity index (χ0) is 16.3. The SMILES string of the molecule is CO[C@]1(CBr)C[C@H]2[C@H](CCCN2C(=O)OCc2ccccc2)O1. The summed E-state index contributed by atoms with van der Waals surface area (Å²) < 4.78 is 17.1. The van der Waals surface area contributed by atoms with Gasteiger partial charge < -0.3 is 19.1 Å². The summed E-state index contributed by atoms with van der Waals surface area (Å²) in [4.78, 5) is 14.3. The van der Waals surface area contributed by atoms with Gasteiger partial charge in [0.25, 0.3) is 0 Å². The average Bonchev–Trinajstić information content (AvgIpc) is 3.00. The Kier molecular flexibility index (Phi) is 5.24. The number of alkyl halides is 1. The summed E-state index contributed by atoms with van der Waals surface area (Å²) in [7, 11) is 1.65. The lowest BCUT2D eigenvalue weighted by molar-refractivity contribution is -0.196. The quantitative estimate of drug-likeness (QED) is 0.748. The van der Waals surface area contributed by atoms with Crippen LogP contribution < -0.4 is 0 Å². The van der Waals surface area contributed by atoms with Crippen LogP contribution in [0.3, 0.4) is 0 Å². The van der Waals surface area contributed by atoms with E-state index in [4.69, 9.17) is 14.2 Å². The van der Waals surface area contributed by atoms with Crippen LogP contribution in [0.5, 0.6) is 0 Å². The van der Waals surface area contributed by atoms with Gasteiger partial charge in [0.1, 0.15) is 6.61 Å². The number of likely N-dealkylation sites (tertiary alicyclic amines) is 1. The lowest BCUT2D eigenvalue weighted by atomic mass is 9.97. The maximum absolute atomic E-state index is 12.5. The second-order valence-electron chi connectivity index (χ2n) is 6.05. The van der Waals surface area contributed by atoms with E-state index in [9.17, 15) is 4.79 Å². The van der Waals surface area contributed by atoms with Crippen molar-refractivity contribution in [3.05, 3.63) is 35.9 Å². The predicted molar refractivity (Wildman–Crippen MR) is 89.4 cm³/mol. The number of carbonyl (C=O) groups excluding carboxylic acids is 1. The molecule has 0 aromatic heterocycles. The number of fused-ring (bicyclic) bond motifs is 1. The van der Waals surface area contributed by atoms with Gasteiger partial charge in [0, 0.05) is 20.1 Å². The standard InChI is InChI=1S/C17H22BrNO4/c1-21-17(12-18)10-14-15(23-17)8-5-9-19(14)16(20)22-11-13-6-3-2-4-7-13/h2-4,6-7,14-15H,5,8-12H2,1H3/t14-,15-,17+/m0/s1. The molecule has 1 aromatic carbocycles. The lowest BCUT2D eigenvalue weighted by Crippen LogP contribution is -2.49.